The number of fused-ring (bicyclic) bond motifs is 1. The van der Waals surface area contributed by atoms with E-state index in [1.54, 1.807) is 6.92 Å². The number of aromatic nitrogens is 1. The lowest BCUT2D eigenvalue weighted by Gasteiger charge is -2.39. The first-order valence-corrected chi connectivity index (χ1v) is 13.6. The zero-order chi connectivity index (χ0) is 27.4. The van der Waals surface area contributed by atoms with Crippen molar-refractivity contribution in [2.45, 2.75) is 38.3 Å². The Labute approximate surface area is 218 Å². The van der Waals surface area contributed by atoms with Crippen LogP contribution < -0.4 is 14.2 Å². The number of halogens is 2. The fourth-order valence-corrected chi connectivity index (χ4v) is 5.81. The van der Waals surface area contributed by atoms with Gasteiger partial charge in [0, 0.05) is 38.8 Å². The number of anilines is 1. The van der Waals surface area contributed by atoms with Crippen molar-refractivity contribution in [2.75, 3.05) is 31.9 Å². The standard InChI is InChI=1S/C24H27F2N5O6S/c1-13(16-7-8-17(25)20(19(16)26)28-38(34,35)30-9-4-10-30)31-22(14-5-6-14)21-18(37-24(31)33)11-15(12-27-21)36-23(32)29(2)3/h7-8,11-14,22,28H,4-6,9-10H2,1-3H3/t13?,22-/m0/s1. The van der Waals surface area contributed by atoms with Crippen LogP contribution in [0.1, 0.15) is 49.5 Å². The van der Waals surface area contributed by atoms with Gasteiger partial charge in [-0.2, -0.15) is 12.7 Å². The summed E-state index contributed by atoms with van der Waals surface area (Å²) in [4.78, 5) is 32.1. The lowest BCUT2D eigenvalue weighted by molar-refractivity contribution is 0.0819. The molecule has 1 saturated heterocycles. The number of hydrogen-bond donors (Lipinski definition) is 1. The molecule has 1 saturated carbocycles. The van der Waals surface area contributed by atoms with Crippen LogP contribution in [0.15, 0.2) is 24.4 Å². The van der Waals surface area contributed by atoms with E-state index in [1.807, 2.05) is 4.72 Å². The summed E-state index contributed by atoms with van der Waals surface area (Å²) in [5.74, 6) is -1.94. The van der Waals surface area contributed by atoms with Gasteiger partial charge in [-0.15, -0.1) is 0 Å². The second-order valence-electron chi connectivity index (χ2n) is 9.74. The molecule has 1 aromatic carbocycles. The van der Waals surface area contributed by atoms with Crippen molar-refractivity contribution in [3.05, 3.63) is 47.3 Å². The molecule has 3 heterocycles. The van der Waals surface area contributed by atoms with Crippen LogP contribution in [0.5, 0.6) is 11.5 Å². The van der Waals surface area contributed by atoms with Crippen LogP contribution >= 0.6 is 0 Å². The van der Waals surface area contributed by atoms with Crippen LogP contribution in [0.25, 0.3) is 0 Å². The van der Waals surface area contributed by atoms with Crippen molar-refractivity contribution in [3.63, 3.8) is 0 Å². The molecule has 1 unspecified atom stereocenters. The molecule has 3 aliphatic rings. The number of benzene rings is 1. The lowest BCUT2D eigenvalue weighted by atomic mass is 9.98. The van der Waals surface area contributed by atoms with E-state index in [9.17, 15) is 22.4 Å². The van der Waals surface area contributed by atoms with Crippen LogP contribution in [0, 0.1) is 17.6 Å². The second-order valence-corrected chi connectivity index (χ2v) is 11.4. The maximum atomic E-state index is 15.6. The minimum absolute atomic E-state index is 0.0274. The lowest BCUT2D eigenvalue weighted by Crippen LogP contribution is -2.45. The molecule has 2 amide bonds. The van der Waals surface area contributed by atoms with E-state index in [0.717, 1.165) is 23.2 Å². The van der Waals surface area contributed by atoms with Crippen LogP contribution in [0.4, 0.5) is 24.1 Å². The van der Waals surface area contributed by atoms with Crippen LogP contribution in [0.2, 0.25) is 0 Å². The highest BCUT2D eigenvalue weighted by Gasteiger charge is 2.47. The average Bonchev–Trinajstić information content (AvgIpc) is 3.64. The van der Waals surface area contributed by atoms with Gasteiger partial charge in [-0.1, -0.05) is 6.07 Å². The molecule has 0 spiro atoms. The van der Waals surface area contributed by atoms with Gasteiger partial charge >= 0.3 is 22.4 Å². The highest BCUT2D eigenvalue weighted by molar-refractivity contribution is 7.90. The molecule has 2 aromatic rings. The topological polar surface area (TPSA) is 121 Å². The minimum Gasteiger partial charge on any atom is -0.408 e. The minimum atomic E-state index is -4.12. The van der Waals surface area contributed by atoms with Gasteiger partial charge in [-0.25, -0.2) is 18.4 Å². The predicted octanol–water partition coefficient (Wildman–Crippen LogP) is 3.81. The molecular weight excluding hydrogens is 524 g/mol. The smallest absolute Gasteiger partial charge is 0.408 e. The third-order valence-corrected chi connectivity index (χ3v) is 8.36. The summed E-state index contributed by atoms with van der Waals surface area (Å²) >= 11 is 0. The molecule has 1 aromatic heterocycles. The van der Waals surface area contributed by atoms with Gasteiger partial charge in [0.25, 0.3) is 0 Å². The van der Waals surface area contributed by atoms with Gasteiger partial charge < -0.3 is 14.4 Å². The molecule has 2 aliphatic heterocycles. The van der Waals surface area contributed by atoms with Crippen LogP contribution in [-0.4, -0.2) is 66.9 Å². The number of pyridine rings is 1. The predicted molar refractivity (Wildman–Crippen MR) is 131 cm³/mol. The summed E-state index contributed by atoms with van der Waals surface area (Å²) in [7, 11) is -1.08. The Balaban J connectivity index is 1.47. The van der Waals surface area contributed by atoms with Crippen molar-refractivity contribution in [3.8, 4) is 11.5 Å². The average molecular weight is 552 g/mol. The summed E-state index contributed by atoms with van der Waals surface area (Å²) in [6.45, 7) is 2.08. The van der Waals surface area contributed by atoms with Gasteiger partial charge in [0.15, 0.2) is 17.3 Å². The van der Waals surface area contributed by atoms with E-state index in [-0.39, 0.29) is 36.1 Å². The number of carbonyl (C=O) groups excluding carboxylic acids is 2. The molecule has 14 heteroatoms. The van der Waals surface area contributed by atoms with Gasteiger partial charge in [0.05, 0.1) is 18.3 Å². The monoisotopic (exact) mass is 551 g/mol. The van der Waals surface area contributed by atoms with Gasteiger partial charge in [0.2, 0.25) is 0 Å². The van der Waals surface area contributed by atoms with Gasteiger partial charge in [0.1, 0.15) is 17.2 Å². The second kappa shape index (κ2) is 9.66. The highest BCUT2D eigenvalue weighted by Crippen LogP contribution is 2.51. The van der Waals surface area contributed by atoms with Crippen molar-refractivity contribution in [1.29, 1.82) is 0 Å². The number of ether oxygens (including phenoxy) is 2. The first-order chi connectivity index (χ1) is 18.0. The number of amides is 2. The molecule has 0 radical (unpaired) electrons. The van der Waals surface area contributed by atoms with Gasteiger partial charge in [-0.05, 0) is 38.2 Å². The number of carbonyl (C=O) groups is 2. The molecule has 1 aliphatic carbocycles. The summed E-state index contributed by atoms with van der Waals surface area (Å²) < 4.78 is 69.0. The van der Waals surface area contributed by atoms with E-state index < -0.39 is 51.8 Å². The quantitative estimate of drug-likeness (QED) is 0.556. The van der Waals surface area contributed by atoms with Crippen molar-refractivity contribution in [1.82, 2.24) is 19.1 Å². The van der Waals surface area contributed by atoms with Gasteiger partial charge in [-0.3, -0.25) is 14.6 Å². The fraction of sp³-hybridized carbons (Fsp3) is 0.458. The fourth-order valence-electron chi connectivity index (χ4n) is 4.50. The van der Waals surface area contributed by atoms with E-state index in [4.69, 9.17) is 9.47 Å². The number of hydrogen-bond acceptors (Lipinski definition) is 7. The summed E-state index contributed by atoms with van der Waals surface area (Å²) in [6, 6.07) is 2.01. The molecule has 5 rings (SSSR count). The van der Waals surface area contributed by atoms with Crippen molar-refractivity contribution >= 4 is 28.1 Å². The maximum Gasteiger partial charge on any atom is 0.416 e. The third kappa shape index (κ3) is 4.73. The molecule has 0 bridgehead atoms. The largest absolute Gasteiger partial charge is 0.416 e. The van der Waals surface area contributed by atoms with Crippen molar-refractivity contribution < 1.29 is 36.3 Å². The van der Waals surface area contributed by atoms with Crippen LogP contribution in [0.3, 0.4) is 0 Å². The van der Waals surface area contributed by atoms with E-state index in [1.165, 1.54) is 42.2 Å². The molecule has 38 heavy (non-hydrogen) atoms. The zero-order valence-electron chi connectivity index (χ0n) is 21.0. The molecule has 204 valence electrons. The Morgan fingerprint density at radius 3 is 2.58 bits per heavy atom. The van der Waals surface area contributed by atoms with E-state index >= 15 is 4.39 Å². The first-order valence-electron chi connectivity index (χ1n) is 12.1. The Bertz CT molecular complexity index is 1400. The first kappa shape index (κ1) is 26.1. The molecule has 2 fully saturated rings. The molecular formula is C24H27F2N5O6S. The van der Waals surface area contributed by atoms with Crippen molar-refractivity contribution in [2.24, 2.45) is 5.92 Å². The zero-order valence-corrected chi connectivity index (χ0v) is 21.8. The normalized spacial score (nSPS) is 20.2. The maximum absolute atomic E-state index is 15.6. The Kier molecular flexibility index (Phi) is 6.63. The summed E-state index contributed by atoms with van der Waals surface area (Å²) in [5.41, 5.74) is -0.472. The summed E-state index contributed by atoms with van der Waals surface area (Å²) in [6.07, 6.45) is 2.19. The molecule has 11 nitrogen and oxygen atoms in total. The van der Waals surface area contributed by atoms with E-state index in [2.05, 4.69) is 4.98 Å². The number of rotatable bonds is 7. The van der Waals surface area contributed by atoms with E-state index in [0.29, 0.717) is 12.1 Å². The third-order valence-electron chi connectivity index (χ3n) is 6.86. The summed E-state index contributed by atoms with van der Waals surface area (Å²) in [5, 5.41) is 0. The molecule has 2 atom stereocenters. The Hall–Kier alpha value is -3.52. The Morgan fingerprint density at radius 1 is 1.26 bits per heavy atom. The Morgan fingerprint density at radius 2 is 1.97 bits per heavy atom. The number of nitrogens with one attached hydrogen (secondary N) is 1. The van der Waals surface area contributed by atoms with Crippen LogP contribution in [-0.2, 0) is 10.2 Å². The SMILES string of the molecule is CC(c1ccc(F)c(NS(=O)(=O)N2CCC2)c1F)N1C(=O)Oc2cc(OC(=O)N(C)C)cnc2[C@@H]1C1CC1. The number of nitrogens with zero attached hydrogens (tertiary/aromatic N) is 4. The highest BCUT2D eigenvalue weighted by atomic mass is 32.2. The molecule has 1 N–H and O–H groups in total.